The molecule has 0 bridgehead atoms. The molecule has 0 unspecified atom stereocenters. The quantitative estimate of drug-likeness (QED) is 0.621. The molecule has 0 saturated heterocycles. The Bertz CT molecular complexity index is 827. The van der Waals surface area contributed by atoms with Crippen LogP contribution in [0.5, 0.6) is 0 Å². The van der Waals surface area contributed by atoms with Gasteiger partial charge in [-0.2, -0.15) is 5.10 Å². The van der Waals surface area contributed by atoms with E-state index >= 15 is 0 Å². The largest absolute Gasteiger partial charge is 0.290 e. The molecular formula is C18H24N4O3. The minimum absolute atomic E-state index is 0.109. The molecule has 1 aromatic heterocycles. The standard InChI is InChI=1S/C18H24N4O3/c1-4-5-6-11-15(23)19-20-17(24)16-13-9-7-8-10-14(13)18(25)22(21-16)12(2)3/h7-10,12H,4-6,11H2,1-3H3,(H,19,23)(H,20,24). The van der Waals surface area contributed by atoms with Gasteiger partial charge in [0.2, 0.25) is 5.91 Å². The third-order valence-electron chi connectivity index (χ3n) is 3.86. The van der Waals surface area contributed by atoms with Crippen molar-refractivity contribution in [2.24, 2.45) is 0 Å². The first-order valence-electron chi connectivity index (χ1n) is 8.56. The highest BCUT2D eigenvalue weighted by atomic mass is 16.2. The first-order valence-corrected chi connectivity index (χ1v) is 8.56. The Morgan fingerprint density at radius 1 is 1.12 bits per heavy atom. The summed E-state index contributed by atoms with van der Waals surface area (Å²) >= 11 is 0. The lowest BCUT2D eigenvalue weighted by Gasteiger charge is -2.13. The number of amides is 2. The van der Waals surface area contributed by atoms with Gasteiger partial charge in [0.25, 0.3) is 11.5 Å². The van der Waals surface area contributed by atoms with Crippen molar-refractivity contribution in [1.29, 1.82) is 0 Å². The Kier molecular flexibility index (Phi) is 6.27. The molecular weight excluding hydrogens is 320 g/mol. The number of hydrazine groups is 1. The minimum Gasteiger partial charge on any atom is -0.273 e. The predicted molar refractivity (Wildman–Crippen MR) is 96.1 cm³/mol. The summed E-state index contributed by atoms with van der Waals surface area (Å²) in [5.74, 6) is -0.794. The van der Waals surface area contributed by atoms with E-state index in [1.807, 2.05) is 13.8 Å². The van der Waals surface area contributed by atoms with E-state index in [0.717, 1.165) is 19.3 Å². The zero-order valence-corrected chi connectivity index (χ0v) is 14.8. The molecule has 0 spiro atoms. The van der Waals surface area contributed by atoms with E-state index in [2.05, 4.69) is 22.9 Å². The zero-order chi connectivity index (χ0) is 18.4. The first kappa shape index (κ1) is 18.6. The smallest absolute Gasteiger partial charge is 0.273 e. The minimum atomic E-state index is -0.547. The van der Waals surface area contributed by atoms with Crippen LogP contribution in [0.4, 0.5) is 0 Å². The van der Waals surface area contributed by atoms with Crippen molar-refractivity contribution in [1.82, 2.24) is 20.6 Å². The number of hydrogen-bond donors (Lipinski definition) is 2. The summed E-state index contributed by atoms with van der Waals surface area (Å²) in [5, 5.41) is 5.08. The highest BCUT2D eigenvalue weighted by Gasteiger charge is 2.18. The number of aromatic nitrogens is 2. The van der Waals surface area contributed by atoms with Gasteiger partial charge >= 0.3 is 0 Å². The topological polar surface area (TPSA) is 93.1 Å². The SMILES string of the molecule is CCCCCC(=O)NNC(=O)c1nn(C(C)C)c(=O)c2ccccc12. The van der Waals surface area contributed by atoms with Crippen molar-refractivity contribution in [2.45, 2.75) is 52.5 Å². The Hall–Kier alpha value is -2.70. The molecule has 2 aromatic rings. The van der Waals surface area contributed by atoms with E-state index < -0.39 is 5.91 Å². The molecule has 0 aliphatic carbocycles. The molecule has 134 valence electrons. The second-order valence-corrected chi connectivity index (χ2v) is 6.20. The number of hydrogen-bond acceptors (Lipinski definition) is 4. The molecule has 25 heavy (non-hydrogen) atoms. The average Bonchev–Trinajstić information content (AvgIpc) is 2.60. The van der Waals surface area contributed by atoms with Gasteiger partial charge in [0.1, 0.15) is 0 Å². The molecule has 0 aliphatic heterocycles. The summed E-state index contributed by atoms with van der Waals surface area (Å²) in [4.78, 5) is 36.7. The number of fused-ring (bicyclic) bond motifs is 1. The fourth-order valence-electron chi connectivity index (χ4n) is 2.51. The Morgan fingerprint density at radius 3 is 2.44 bits per heavy atom. The summed E-state index contributed by atoms with van der Waals surface area (Å²) in [6.07, 6.45) is 3.12. The molecule has 1 aromatic carbocycles. The third kappa shape index (κ3) is 4.43. The van der Waals surface area contributed by atoms with Crippen LogP contribution >= 0.6 is 0 Å². The van der Waals surface area contributed by atoms with Crippen LogP contribution in [0.15, 0.2) is 29.1 Å². The van der Waals surface area contributed by atoms with Gasteiger partial charge in [-0.25, -0.2) is 4.68 Å². The first-order chi connectivity index (χ1) is 12.0. The van der Waals surface area contributed by atoms with E-state index in [4.69, 9.17) is 0 Å². The van der Waals surface area contributed by atoms with E-state index in [0.29, 0.717) is 17.2 Å². The van der Waals surface area contributed by atoms with Crippen LogP contribution in [0.2, 0.25) is 0 Å². The van der Waals surface area contributed by atoms with Crippen LogP contribution in [0.25, 0.3) is 10.8 Å². The van der Waals surface area contributed by atoms with E-state index in [1.54, 1.807) is 24.3 Å². The average molecular weight is 344 g/mol. The van der Waals surface area contributed by atoms with Crippen LogP contribution in [0.1, 0.15) is 63.0 Å². The summed E-state index contributed by atoms with van der Waals surface area (Å²) in [5.41, 5.74) is 4.65. The van der Waals surface area contributed by atoms with Crippen LogP contribution in [0, 0.1) is 0 Å². The van der Waals surface area contributed by atoms with Gasteiger partial charge in [-0.1, -0.05) is 38.0 Å². The predicted octanol–water partition coefficient (Wildman–Crippen LogP) is 2.32. The summed E-state index contributed by atoms with van der Waals surface area (Å²) in [6.45, 7) is 5.70. The summed E-state index contributed by atoms with van der Waals surface area (Å²) in [6, 6.07) is 6.63. The number of benzene rings is 1. The zero-order valence-electron chi connectivity index (χ0n) is 14.8. The highest BCUT2D eigenvalue weighted by Crippen LogP contribution is 2.14. The molecule has 7 heteroatoms. The highest BCUT2D eigenvalue weighted by molar-refractivity contribution is 6.05. The number of nitrogens with one attached hydrogen (secondary N) is 2. The maximum Gasteiger partial charge on any atom is 0.290 e. The monoisotopic (exact) mass is 344 g/mol. The molecule has 7 nitrogen and oxygen atoms in total. The summed E-state index contributed by atoms with van der Waals surface area (Å²) in [7, 11) is 0. The van der Waals surface area contributed by atoms with Crippen LogP contribution in [-0.4, -0.2) is 21.6 Å². The van der Waals surface area contributed by atoms with Crippen molar-refractivity contribution in [3.05, 3.63) is 40.3 Å². The fourth-order valence-corrected chi connectivity index (χ4v) is 2.51. The lowest BCUT2D eigenvalue weighted by atomic mass is 10.1. The molecule has 0 saturated carbocycles. The van der Waals surface area contributed by atoms with Gasteiger partial charge in [-0.05, 0) is 26.3 Å². The van der Waals surface area contributed by atoms with Crippen LogP contribution in [0.3, 0.4) is 0 Å². The number of rotatable bonds is 6. The lowest BCUT2D eigenvalue weighted by molar-refractivity contribution is -0.121. The Morgan fingerprint density at radius 2 is 1.80 bits per heavy atom. The third-order valence-corrected chi connectivity index (χ3v) is 3.86. The molecule has 0 atom stereocenters. The van der Waals surface area contributed by atoms with Gasteiger partial charge in [-0.15, -0.1) is 0 Å². The lowest BCUT2D eigenvalue weighted by Crippen LogP contribution is -2.42. The molecule has 0 radical (unpaired) electrons. The van der Waals surface area contributed by atoms with Gasteiger partial charge in [0.15, 0.2) is 5.69 Å². The maximum absolute atomic E-state index is 12.5. The van der Waals surface area contributed by atoms with Crippen molar-refractivity contribution >= 4 is 22.6 Å². The molecule has 1 heterocycles. The normalized spacial score (nSPS) is 10.9. The molecule has 0 aliphatic rings. The molecule has 2 rings (SSSR count). The van der Waals surface area contributed by atoms with Crippen molar-refractivity contribution < 1.29 is 9.59 Å². The van der Waals surface area contributed by atoms with Gasteiger partial charge in [-0.3, -0.25) is 25.2 Å². The van der Waals surface area contributed by atoms with Crippen LogP contribution in [-0.2, 0) is 4.79 Å². The second kappa shape index (κ2) is 8.41. The van der Waals surface area contributed by atoms with Crippen LogP contribution < -0.4 is 16.4 Å². The van der Waals surface area contributed by atoms with Crippen molar-refractivity contribution in [3.8, 4) is 0 Å². The van der Waals surface area contributed by atoms with Crippen molar-refractivity contribution in [2.75, 3.05) is 0 Å². The Balaban J connectivity index is 2.24. The van der Waals surface area contributed by atoms with E-state index in [1.165, 1.54) is 4.68 Å². The Labute approximate surface area is 146 Å². The molecule has 2 amide bonds. The van der Waals surface area contributed by atoms with Gasteiger partial charge < -0.3 is 0 Å². The number of carbonyl (C=O) groups is 2. The molecule has 0 fully saturated rings. The fraction of sp³-hybridized carbons (Fsp3) is 0.444. The van der Waals surface area contributed by atoms with E-state index in [9.17, 15) is 14.4 Å². The summed E-state index contributed by atoms with van der Waals surface area (Å²) < 4.78 is 1.28. The van der Waals surface area contributed by atoms with Gasteiger partial charge in [0.05, 0.1) is 11.4 Å². The number of nitrogens with zero attached hydrogens (tertiary/aromatic N) is 2. The van der Waals surface area contributed by atoms with E-state index in [-0.39, 0.29) is 23.2 Å². The molecule has 2 N–H and O–H groups in total. The number of carbonyl (C=O) groups excluding carboxylic acids is 2. The maximum atomic E-state index is 12.5. The number of unbranched alkanes of at least 4 members (excludes halogenated alkanes) is 2. The van der Waals surface area contributed by atoms with Crippen molar-refractivity contribution in [3.63, 3.8) is 0 Å². The van der Waals surface area contributed by atoms with Gasteiger partial charge in [0, 0.05) is 11.8 Å². The second-order valence-electron chi connectivity index (χ2n) is 6.20.